The molecular formula is C14H21NO3S. The fourth-order valence-electron chi connectivity index (χ4n) is 2.00. The van der Waals surface area contributed by atoms with Crippen LogP contribution in [0.1, 0.15) is 29.5 Å². The lowest BCUT2D eigenvalue weighted by molar-refractivity contribution is -0.133. The second-order valence-electron chi connectivity index (χ2n) is 4.84. The Morgan fingerprint density at radius 3 is 3.11 bits per heavy atom. The average molecular weight is 283 g/mol. The minimum Gasteiger partial charge on any atom is -0.376 e. The molecule has 1 aliphatic heterocycles. The zero-order valence-electron chi connectivity index (χ0n) is 11.5. The summed E-state index contributed by atoms with van der Waals surface area (Å²) in [5, 5.41) is 2.89. The Kier molecular flexibility index (Phi) is 5.36. The van der Waals surface area contributed by atoms with Crippen molar-refractivity contribution in [3.05, 3.63) is 21.9 Å². The van der Waals surface area contributed by atoms with Gasteiger partial charge in [-0.2, -0.15) is 0 Å². The van der Waals surface area contributed by atoms with Crippen molar-refractivity contribution >= 4 is 17.2 Å². The van der Waals surface area contributed by atoms with Gasteiger partial charge in [0.25, 0.3) is 0 Å². The number of carbonyl (C=O) groups excluding carboxylic acids is 1. The molecule has 0 radical (unpaired) electrons. The molecule has 19 heavy (non-hydrogen) atoms. The third-order valence-electron chi connectivity index (χ3n) is 3.16. The van der Waals surface area contributed by atoms with E-state index in [9.17, 15) is 4.79 Å². The first-order valence-electron chi connectivity index (χ1n) is 6.71. The number of aryl methyl sites for hydroxylation is 1. The molecule has 2 rings (SSSR count). The summed E-state index contributed by atoms with van der Waals surface area (Å²) in [4.78, 5) is 14.3. The number of carbonyl (C=O) groups is 1. The summed E-state index contributed by atoms with van der Waals surface area (Å²) in [5.74, 6) is -0.0657. The molecule has 0 saturated carbocycles. The molecule has 1 N–H and O–H groups in total. The van der Waals surface area contributed by atoms with Gasteiger partial charge >= 0.3 is 0 Å². The zero-order valence-corrected chi connectivity index (χ0v) is 12.3. The van der Waals surface area contributed by atoms with Crippen LogP contribution < -0.4 is 5.32 Å². The lowest BCUT2D eigenvalue weighted by Crippen LogP contribution is -2.35. The summed E-state index contributed by atoms with van der Waals surface area (Å²) < 4.78 is 11.0. The number of ether oxygens (including phenoxy) is 2. The number of rotatable bonds is 6. The predicted octanol–water partition coefficient (Wildman–Crippen LogP) is 2.26. The van der Waals surface area contributed by atoms with Gasteiger partial charge in [-0.05, 0) is 38.8 Å². The first-order chi connectivity index (χ1) is 9.15. The summed E-state index contributed by atoms with van der Waals surface area (Å²) >= 11 is 1.70. The molecule has 2 atom stereocenters. The monoisotopic (exact) mass is 283 g/mol. The van der Waals surface area contributed by atoms with Crippen LogP contribution in [0.4, 0.5) is 0 Å². The van der Waals surface area contributed by atoms with Gasteiger partial charge in [0, 0.05) is 16.4 Å². The molecule has 106 valence electrons. The van der Waals surface area contributed by atoms with Crippen molar-refractivity contribution in [3.8, 4) is 0 Å². The molecule has 0 spiro atoms. The molecular weight excluding hydrogens is 262 g/mol. The van der Waals surface area contributed by atoms with E-state index in [-0.39, 0.29) is 12.0 Å². The zero-order chi connectivity index (χ0) is 13.7. The van der Waals surface area contributed by atoms with E-state index in [0.29, 0.717) is 13.2 Å². The smallest absolute Gasteiger partial charge is 0.249 e. The van der Waals surface area contributed by atoms with Crippen molar-refractivity contribution in [2.75, 3.05) is 13.2 Å². The predicted molar refractivity (Wildman–Crippen MR) is 75.3 cm³/mol. The van der Waals surface area contributed by atoms with Crippen LogP contribution in [0, 0.1) is 6.92 Å². The molecule has 0 aliphatic carbocycles. The van der Waals surface area contributed by atoms with Gasteiger partial charge in [-0.15, -0.1) is 11.3 Å². The molecule has 1 amide bonds. The van der Waals surface area contributed by atoms with Gasteiger partial charge in [0.2, 0.25) is 5.91 Å². The molecule has 1 fully saturated rings. The standard InChI is InChI=1S/C14H21NO3S/c1-10-5-6-13(19-10)8-15-14(16)11(2)18-9-12-4-3-7-17-12/h5-6,11-12H,3-4,7-9H2,1-2H3,(H,15,16). The SMILES string of the molecule is Cc1ccc(CNC(=O)C(C)OCC2CCCO2)s1. The highest BCUT2D eigenvalue weighted by molar-refractivity contribution is 7.11. The second-order valence-corrected chi connectivity index (χ2v) is 6.21. The van der Waals surface area contributed by atoms with Gasteiger partial charge in [0.15, 0.2) is 0 Å². The van der Waals surface area contributed by atoms with Gasteiger partial charge < -0.3 is 14.8 Å². The van der Waals surface area contributed by atoms with E-state index >= 15 is 0 Å². The lowest BCUT2D eigenvalue weighted by Gasteiger charge is -2.15. The molecule has 2 unspecified atom stereocenters. The summed E-state index contributed by atoms with van der Waals surface area (Å²) in [5.41, 5.74) is 0. The maximum atomic E-state index is 11.9. The number of thiophene rings is 1. The van der Waals surface area contributed by atoms with E-state index in [1.165, 1.54) is 4.88 Å². The van der Waals surface area contributed by atoms with E-state index in [4.69, 9.17) is 9.47 Å². The number of amides is 1. The Morgan fingerprint density at radius 2 is 2.47 bits per heavy atom. The first-order valence-corrected chi connectivity index (χ1v) is 7.53. The minimum atomic E-state index is -0.426. The van der Waals surface area contributed by atoms with E-state index in [2.05, 4.69) is 18.3 Å². The number of hydrogen-bond donors (Lipinski definition) is 1. The fourth-order valence-corrected chi connectivity index (χ4v) is 2.83. The van der Waals surface area contributed by atoms with Gasteiger partial charge in [0.05, 0.1) is 19.3 Å². The summed E-state index contributed by atoms with van der Waals surface area (Å²) in [6.07, 6.45) is 1.86. The van der Waals surface area contributed by atoms with E-state index in [0.717, 1.165) is 24.3 Å². The highest BCUT2D eigenvalue weighted by Crippen LogP contribution is 2.15. The van der Waals surface area contributed by atoms with Crippen LogP contribution in [-0.4, -0.2) is 31.3 Å². The Morgan fingerprint density at radius 1 is 1.63 bits per heavy atom. The number of hydrogen-bond acceptors (Lipinski definition) is 4. The highest BCUT2D eigenvalue weighted by Gasteiger charge is 2.19. The van der Waals surface area contributed by atoms with Gasteiger partial charge in [-0.25, -0.2) is 0 Å². The topological polar surface area (TPSA) is 47.6 Å². The van der Waals surface area contributed by atoms with Crippen LogP contribution in [-0.2, 0) is 20.8 Å². The number of nitrogens with one attached hydrogen (secondary N) is 1. The maximum Gasteiger partial charge on any atom is 0.249 e. The summed E-state index contributed by atoms with van der Waals surface area (Å²) in [7, 11) is 0. The van der Waals surface area contributed by atoms with Crippen LogP contribution in [0.2, 0.25) is 0 Å². The second kappa shape index (κ2) is 7.03. The van der Waals surface area contributed by atoms with Crippen molar-refractivity contribution in [2.45, 2.75) is 45.4 Å². The largest absolute Gasteiger partial charge is 0.376 e. The van der Waals surface area contributed by atoms with Crippen molar-refractivity contribution in [1.29, 1.82) is 0 Å². The molecule has 1 aromatic rings. The van der Waals surface area contributed by atoms with Gasteiger partial charge in [-0.3, -0.25) is 4.79 Å². The van der Waals surface area contributed by atoms with Crippen LogP contribution >= 0.6 is 11.3 Å². The quantitative estimate of drug-likeness (QED) is 0.871. The third-order valence-corrected chi connectivity index (χ3v) is 4.16. The van der Waals surface area contributed by atoms with Crippen LogP contribution in [0.25, 0.3) is 0 Å². The van der Waals surface area contributed by atoms with E-state index in [1.807, 2.05) is 6.07 Å². The van der Waals surface area contributed by atoms with E-state index in [1.54, 1.807) is 18.3 Å². The third kappa shape index (κ3) is 4.60. The molecule has 1 aromatic heterocycles. The van der Waals surface area contributed by atoms with Crippen molar-refractivity contribution < 1.29 is 14.3 Å². The van der Waals surface area contributed by atoms with Crippen molar-refractivity contribution in [3.63, 3.8) is 0 Å². The Labute approximate surface area is 118 Å². The van der Waals surface area contributed by atoms with Gasteiger partial charge in [-0.1, -0.05) is 0 Å². The van der Waals surface area contributed by atoms with Crippen molar-refractivity contribution in [2.24, 2.45) is 0 Å². The lowest BCUT2D eigenvalue weighted by atomic mass is 10.2. The molecule has 0 bridgehead atoms. The Hall–Kier alpha value is -0.910. The molecule has 1 aliphatic rings. The summed E-state index contributed by atoms with van der Waals surface area (Å²) in [6.45, 7) is 5.73. The fraction of sp³-hybridized carbons (Fsp3) is 0.643. The molecule has 1 saturated heterocycles. The van der Waals surface area contributed by atoms with E-state index < -0.39 is 6.10 Å². The molecule has 2 heterocycles. The average Bonchev–Trinajstić information content (AvgIpc) is 3.04. The van der Waals surface area contributed by atoms with Crippen LogP contribution in [0.3, 0.4) is 0 Å². The van der Waals surface area contributed by atoms with Gasteiger partial charge in [0.1, 0.15) is 6.10 Å². The Balaban J connectivity index is 1.66. The minimum absolute atomic E-state index is 0.0657. The molecule has 4 nitrogen and oxygen atoms in total. The Bertz CT molecular complexity index is 413. The highest BCUT2D eigenvalue weighted by atomic mass is 32.1. The maximum absolute atomic E-state index is 11.9. The van der Waals surface area contributed by atoms with Crippen LogP contribution in [0.5, 0.6) is 0 Å². The summed E-state index contributed by atoms with van der Waals surface area (Å²) in [6, 6.07) is 4.10. The first kappa shape index (κ1) is 14.5. The van der Waals surface area contributed by atoms with Crippen LogP contribution in [0.15, 0.2) is 12.1 Å². The van der Waals surface area contributed by atoms with Crippen molar-refractivity contribution in [1.82, 2.24) is 5.32 Å². The molecule has 0 aromatic carbocycles. The normalized spacial score (nSPS) is 20.4. The molecule has 5 heteroatoms.